The molecule has 8 aromatic rings. The number of pyridine rings is 1. The van der Waals surface area contributed by atoms with Crippen LogP contribution in [0, 0.1) is 0 Å². The maximum absolute atomic E-state index is 8.16. The standard InChI is InChI=1S/C41H36N5/c1-41(2,3)29-23-24-42-40(25-29)46-36-18-9-8-17-34(36)35-22-21-33(27-39(35)46)45(30-13-6-5-7-14-30)32-16-12-15-31(26-32)44-28-43(4)37-19-10-11-20-38(37)44/h5-28H,1-4H3/q+1/i4D3. The van der Waals surface area contributed by atoms with E-state index in [0.29, 0.717) is 5.52 Å². The molecule has 0 spiro atoms. The zero-order chi connectivity index (χ0) is 33.9. The first-order chi connectivity index (χ1) is 23.6. The monoisotopic (exact) mass is 601 g/mol. The Balaban J connectivity index is 1.34. The second-order valence-corrected chi connectivity index (χ2v) is 12.7. The smallest absolute Gasteiger partial charge is 0.191 e. The molecule has 0 fully saturated rings. The van der Waals surface area contributed by atoms with Crippen molar-refractivity contribution >= 4 is 49.9 Å². The lowest BCUT2D eigenvalue weighted by molar-refractivity contribution is 0.588. The van der Waals surface area contributed by atoms with Gasteiger partial charge in [-0.3, -0.25) is 4.57 Å². The van der Waals surface area contributed by atoms with Gasteiger partial charge in [-0.2, -0.15) is 4.57 Å². The van der Waals surface area contributed by atoms with Gasteiger partial charge in [-0.15, -0.1) is 0 Å². The molecule has 5 aromatic carbocycles. The number of para-hydroxylation sites is 4. The van der Waals surface area contributed by atoms with Crippen LogP contribution in [0.15, 0.2) is 146 Å². The number of rotatable bonds is 5. The highest BCUT2D eigenvalue weighted by Crippen LogP contribution is 2.40. The Labute approximate surface area is 273 Å². The zero-order valence-electron chi connectivity index (χ0n) is 29.1. The van der Waals surface area contributed by atoms with Crippen molar-refractivity contribution in [3.05, 3.63) is 152 Å². The van der Waals surface area contributed by atoms with Gasteiger partial charge < -0.3 is 4.90 Å². The van der Waals surface area contributed by atoms with Crippen molar-refractivity contribution in [3.63, 3.8) is 0 Å². The van der Waals surface area contributed by atoms with Gasteiger partial charge in [-0.05, 0) is 77.7 Å². The van der Waals surface area contributed by atoms with Crippen LogP contribution in [-0.4, -0.2) is 18.7 Å². The number of imidazole rings is 1. The van der Waals surface area contributed by atoms with Crippen molar-refractivity contribution in [2.75, 3.05) is 4.90 Å². The molecule has 0 unspecified atom stereocenters. The molecular formula is C41H36N5+. The number of aryl methyl sites for hydroxylation is 1. The molecule has 0 aliphatic carbocycles. The molecule has 3 aromatic heterocycles. The fourth-order valence-electron chi connectivity index (χ4n) is 6.48. The molecule has 8 rings (SSSR count). The number of nitrogens with zero attached hydrogens (tertiary/aromatic N) is 5. The van der Waals surface area contributed by atoms with E-state index in [1.807, 2.05) is 65.4 Å². The van der Waals surface area contributed by atoms with Crippen LogP contribution in [0.25, 0.3) is 44.3 Å². The van der Waals surface area contributed by atoms with Gasteiger partial charge in [0.25, 0.3) is 0 Å². The summed E-state index contributed by atoms with van der Waals surface area (Å²) in [6.07, 6.45) is 3.58. The van der Waals surface area contributed by atoms with E-state index in [4.69, 9.17) is 9.10 Å². The van der Waals surface area contributed by atoms with Gasteiger partial charge in [-0.1, -0.05) is 63.2 Å². The van der Waals surface area contributed by atoms with Crippen molar-refractivity contribution in [1.29, 1.82) is 0 Å². The van der Waals surface area contributed by atoms with Gasteiger partial charge in [0.05, 0.1) is 16.7 Å². The molecule has 0 saturated carbocycles. The fourth-order valence-corrected chi connectivity index (χ4v) is 6.48. The predicted molar refractivity (Wildman–Crippen MR) is 192 cm³/mol. The van der Waals surface area contributed by atoms with E-state index in [-0.39, 0.29) is 5.41 Å². The summed E-state index contributed by atoms with van der Waals surface area (Å²) < 4.78 is 30.1. The summed E-state index contributed by atoms with van der Waals surface area (Å²) in [6, 6.07) is 45.6. The minimum atomic E-state index is -2.31. The number of aromatic nitrogens is 4. The van der Waals surface area contributed by atoms with E-state index < -0.39 is 6.98 Å². The lowest BCUT2D eigenvalue weighted by atomic mass is 9.88. The Morgan fingerprint density at radius 2 is 1.33 bits per heavy atom. The summed E-state index contributed by atoms with van der Waals surface area (Å²) in [7, 11) is 0. The maximum Gasteiger partial charge on any atom is 0.191 e. The molecular weight excluding hydrogens is 562 g/mol. The minimum Gasteiger partial charge on any atom is -0.309 e. The normalized spacial score (nSPS) is 13.2. The van der Waals surface area contributed by atoms with Gasteiger partial charge in [0, 0.05) is 63.7 Å². The van der Waals surface area contributed by atoms with E-state index in [2.05, 4.69) is 109 Å². The highest BCUT2D eigenvalue weighted by Gasteiger charge is 2.21. The van der Waals surface area contributed by atoms with Crippen LogP contribution >= 0.6 is 0 Å². The lowest BCUT2D eigenvalue weighted by Gasteiger charge is -2.25. The van der Waals surface area contributed by atoms with E-state index in [1.54, 1.807) is 6.33 Å². The van der Waals surface area contributed by atoms with Crippen LogP contribution in [0.2, 0.25) is 0 Å². The van der Waals surface area contributed by atoms with Crippen LogP contribution in [0.4, 0.5) is 17.1 Å². The van der Waals surface area contributed by atoms with Crippen molar-refractivity contribution in [2.24, 2.45) is 6.98 Å². The summed E-state index contributed by atoms with van der Waals surface area (Å²) in [4.78, 5) is 7.12. The van der Waals surface area contributed by atoms with Gasteiger partial charge in [-0.25, -0.2) is 9.55 Å². The highest BCUT2D eigenvalue weighted by molar-refractivity contribution is 6.10. The molecule has 5 heteroatoms. The first-order valence-corrected chi connectivity index (χ1v) is 15.6. The van der Waals surface area contributed by atoms with Crippen LogP contribution in [0.3, 0.4) is 0 Å². The fraction of sp³-hybridized carbons (Fsp3) is 0.122. The Morgan fingerprint density at radius 1 is 0.630 bits per heavy atom. The summed E-state index contributed by atoms with van der Waals surface area (Å²) >= 11 is 0. The van der Waals surface area contributed by atoms with Gasteiger partial charge >= 0.3 is 0 Å². The van der Waals surface area contributed by atoms with E-state index in [9.17, 15) is 0 Å². The van der Waals surface area contributed by atoms with Crippen LogP contribution in [0.1, 0.15) is 30.4 Å². The number of hydrogen-bond donors (Lipinski definition) is 0. The number of anilines is 3. The van der Waals surface area contributed by atoms with E-state index in [1.165, 1.54) is 15.5 Å². The molecule has 0 aliphatic heterocycles. The topological polar surface area (TPSA) is 30.9 Å². The average Bonchev–Trinajstić information content (AvgIpc) is 3.65. The molecule has 0 aliphatic rings. The Hall–Kier alpha value is -5.68. The number of benzene rings is 5. The third kappa shape index (κ3) is 4.63. The molecule has 0 amide bonds. The molecule has 0 bridgehead atoms. The molecule has 224 valence electrons. The number of hydrogen-bond acceptors (Lipinski definition) is 2. The minimum absolute atomic E-state index is 0.0233. The summed E-state index contributed by atoms with van der Waals surface area (Å²) in [5.41, 5.74) is 8.62. The van der Waals surface area contributed by atoms with E-state index in [0.717, 1.165) is 50.5 Å². The summed E-state index contributed by atoms with van der Waals surface area (Å²) in [5, 5.41) is 2.32. The Kier molecular flexibility index (Phi) is 5.75. The van der Waals surface area contributed by atoms with Crippen molar-refractivity contribution < 1.29 is 4.11 Å². The molecule has 0 radical (unpaired) electrons. The van der Waals surface area contributed by atoms with Crippen LogP contribution in [0.5, 0.6) is 0 Å². The molecule has 46 heavy (non-hydrogen) atoms. The van der Waals surface area contributed by atoms with Gasteiger partial charge in [0.1, 0.15) is 11.5 Å². The van der Waals surface area contributed by atoms with Gasteiger partial charge in [0.15, 0.2) is 17.4 Å². The van der Waals surface area contributed by atoms with Gasteiger partial charge in [0.2, 0.25) is 0 Å². The highest BCUT2D eigenvalue weighted by atomic mass is 15.2. The quantitative estimate of drug-likeness (QED) is 0.184. The van der Waals surface area contributed by atoms with Crippen LogP contribution < -0.4 is 4.90 Å². The van der Waals surface area contributed by atoms with Crippen molar-refractivity contribution in [2.45, 2.75) is 26.2 Å². The first-order valence-electron chi connectivity index (χ1n) is 17.1. The summed E-state index contributed by atoms with van der Waals surface area (Å²) in [5.74, 6) is 0.881. The molecule has 3 heterocycles. The predicted octanol–water partition coefficient (Wildman–Crippen LogP) is 10.5. The molecule has 0 N–H and O–H groups in total. The third-order valence-electron chi connectivity index (χ3n) is 8.77. The molecule has 0 saturated heterocycles. The van der Waals surface area contributed by atoms with Crippen LogP contribution in [-0.2, 0) is 12.4 Å². The van der Waals surface area contributed by atoms with Crippen molar-refractivity contribution in [1.82, 2.24) is 18.7 Å². The lowest BCUT2D eigenvalue weighted by Crippen LogP contribution is -2.12. The Morgan fingerprint density at radius 3 is 2.13 bits per heavy atom. The second kappa shape index (κ2) is 10.7. The maximum atomic E-state index is 8.16. The van der Waals surface area contributed by atoms with Crippen molar-refractivity contribution in [3.8, 4) is 11.5 Å². The zero-order valence-corrected chi connectivity index (χ0v) is 26.1. The Bertz CT molecular complexity index is 2490. The largest absolute Gasteiger partial charge is 0.309 e. The summed E-state index contributed by atoms with van der Waals surface area (Å²) in [6.45, 7) is 4.36. The number of fused-ring (bicyclic) bond motifs is 4. The molecule has 0 atom stereocenters. The molecule has 5 nitrogen and oxygen atoms in total. The van der Waals surface area contributed by atoms with E-state index >= 15 is 0 Å². The average molecular weight is 602 g/mol. The SMILES string of the molecule is [2H]C([2H])([2H])n1[cH+]n(-c2cccc(N(c3ccccc3)c3ccc4c5ccccc5n(-c5cc(C(C)(C)C)ccn5)c4c3)c2)c2ccccc21. The second-order valence-electron chi connectivity index (χ2n) is 12.7. The first kappa shape index (κ1) is 24.6. The third-order valence-corrected chi connectivity index (χ3v) is 8.77.